The highest BCUT2D eigenvalue weighted by atomic mass is 32.3. The van der Waals surface area contributed by atoms with Crippen molar-refractivity contribution in [1.82, 2.24) is 0 Å². The van der Waals surface area contributed by atoms with Gasteiger partial charge in [0.25, 0.3) is 0 Å². The second kappa shape index (κ2) is 13.6. The molecule has 2 saturated heterocycles. The normalized spacial score (nSPS) is 22.3. The molecule has 176 valence electrons. The first-order valence-corrected chi connectivity index (χ1v) is 10.9. The lowest BCUT2D eigenvalue weighted by Gasteiger charge is -2.00. The van der Waals surface area contributed by atoms with Crippen molar-refractivity contribution in [3.63, 3.8) is 0 Å². The monoisotopic (exact) mass is 468 g/mol. The van der Waals surface area contributed by atoms with Gasteiger partial charge in [0.15, 0.2) is 0 Å². The van der Waals surface area contributed by atoms with E-state index >= 15 is 0 Å². The van der Waals surface area contributed by atoms with Gasteiger partial charge in [-0.3, -0.25) is 9.11 Å². The van der Waals surface area contributed by atoms with Gasteiger partial charge in [-0.05, 0) is 37.1 Å². The van der Waals surface area contributed by atoms with E-state index in [1.807, 2.05) is 72.8 Å². The summed E-state index contributed by atoms with van der Waals surface area (Å²) < 4.78 is 53.2. The Morgan fingerprint density at radius 3 is 1.38 bits per heavy atom. The number of benzene rings is 2. The van der Waals surface area contributed by atoms with Crippen LogP contribution in [-0.4, -0.2) is 47.8 Å². The third-order valence-corrected chi connectivity index (χ3v) is 3.86. The molecule has 2 aromatic rings. The predicted molar refractivity (Wildman–Crippen MR) is 119 cm³/mol. The maximum absolute atomic E-state index is 8.74. The summed E-state index contributed by atoms with van der Waals surface area (Å²) in [5, 5.41) is 0. The van der Waals surface area contributed by atoms with E-state index in [9.17, 15) is 0 Å². The molecule has 2 heterocycles. The van der Waals surface area contributed by atoms with Gasteiger partial charge in [-0.25, -0.2) is 0 Å². The number of para-hydroxylation sites is 2. The molecule has 10 heteroatoms. The second-order valence-corrected chi connectivity index (χ2v) is 7.34. The predicted octanol–water partition coefficient (Wildman–Crippen LogP) is 3.26. The van der Waals surface area contributed by atoms with Crippen LogP contribution in [-0.2, 0) is 19.9 Å². The molecule has 0 bridgehead atoms. The molecule has 9 nitrogen and oxygen atoms in total. The molecule has 0 aliphatic carbocycles. The maximum atomic E-state index is 8.74. The summed E-state index contributed by atoms with van der Waals surface area (Å²) in [6.07, 6.45) is 5.68. The number of hydrogen-bond acceptors (Lipinski definition) is 6. The number of hydrogen-bond donors (Lipinski definition) is 2. The molecule has 0 radical (unpaired) electrons. The number of rotatable bonds is 8. The molecule has 32 heavy (non-hydrogen) atoms. The summed E-state index contributed by atoms with van der Waals surface area (Å²) in [5.74, 6) is 1.72. The van der Waals surface area contributed by atoms with Crippen LogP contribution in [0.25, 0.3) is 0 Å². The molecule has 4 N–H and O–H groups in total. The average molecular weight is 469 g/mol. The third-order valence-electron chi connectivity index (χ3n) is 3.86. The molecular formula is C22H28O9S. The average Bonchev–Trinajstić information content (AvgIpc) is 3.63. The Hall–Kier alpha value is -2.73. The Kier molecular flexibility index (Phi) is 11.6. The van der Waals surface area contributed by atoms with Gasteiger partial charge in [-0.2, -0.15) is 8.42 Å². The van der Waals surface area contributed by atoms with E-state index in [0.29, 0.717) is 0 Å². The molecule has 4 atom stereocenters. The first-order chi connectivity index (χ1) is 14.8. The molecular weight excluding hydrogens is 440 g/mol. The van der Waals surface area contributed by atoms with Gasteiger partial charge in [0.1, 0.15) is 23.7 Å². The topological polar surface area (TPSA) is 150 Å². The van der Waals surface area contributed by atoms with Gasteiger partial charge in [0.05, 0.1) is 0 Å². The minimum Gasteiger partial charge on any atom is -0.462 e. The summed E-state index contributed by atoms with van der Waals surface area (Å²) in [7, 11) is -4.67. The van der Waals surface area contributed by atoms with E-state index in [1.165, 1.54) is 0 Å². The highest BCUT2D eigenvalue weighted by molar-refractivity contribution is 7.79. The lowest BCUT2D eigenvalue weighted by Crippen LogP contribution is -2.02. The van der Waals surface area contributed by atoms with E-state index in [-0.39, 0.29) is 30.3 Å². The summed E-state index contributed by atoms with van der Waals surface area (Å²) >= 11 is 0. The van der Waals surface area contributed by atoms with Crippen molar-refractivity contribution in [2.45, 2.75) is 37.6 Å². The van der Waals surface area contributed by atoms with Crippen LogP contribution < -0.4 is 9.47 Å². The van der Waals surface area contributed by atoms with Crippen LogP contribution in [0.5, 0.6) is 11.5 Å². The summed E-state index contributed by atoms with van der Waals surface area (Å²) in [6, 6.07) is 19.4. The second-order valence-electron chi connectivity index (χ2n) is 6.44. The quantitative estimate of drug-likeness (QED) is 0.340. The van der Waals surface area contributed by atoms with Crippen molar-refractivity contribution in [3.05, 3.63) is 86.0 Å². The van der Waals surface area contributed by atoms with E-state index < -0.39 is 10.4 Å². The van der Waals surface area contributed by atoms with Crippen molar-refractivity contribution in [2.75, 3.05) is 0 Å². The van der Waals surface area contributed by atoms with Gasteiger partial charge < -0.3 is 24.4 Å². The molecule has 2 aliphatic heterocycles. The zero-order valence-corrected chi connectivity index (χ0v) is 18.1. The molecule has 2 fully saturated rings. The van der Waals surface area contributed by atoms with Crippen LogP contribution in [0.3, 0.4) is 0 Å². The van der Waals surface area contributed by atoms with E-state index in [4.69, 9.17) is 36.5 Å². The zero-order chi connectivity index (χ0) is 22.7. The molecule has 0 saturated carbocycles. The van der Waals surface area contributed by atoms with E-state index in [0.717, 1.165) is 24.3 Å². The van der Waals surface area contributed by atoms with Crippen LogP contribution in [0.4, 0.5) is 0 Å². The standard InChI is InChI=1S/2C11H12O2.H2O4S.H2O/c2*1-2-6-10-11(13-10)12-9-7-4-3-5-8-9;1-5(2,3)4;/h2*2-5,7-8,10-11H,1,6H2;(H2,1,2,3,4);1H2. The van der Waals surface area contributed by atoms with Crippen LogP contribution in [0.1, 0.15) is 12.8 Å². The zero-order valence-electron chi connectivity index (χ0n) is 17.3. The van der Waals surface area contributed by atoms with E-state index in [1.54, 1.807) is 0 Å². The fourth-order valence-corrected chi connectivity index (χ4v) is 2.39. The first-order valence-electron chi connectivity index (χ1n) is 9.46. The number of epoxide rings is 2. The Balaban J connectivity index is 0.000000259. The van der Waals surface area contributed by atoms with Gasteiger partial charge >= 0.3 is 10.4 Å². The minimum absolute atomic E-state index is 0. The molecule has 4 rings (SSSR count). The van der Waals surface area contributed by atoms with Crippen LogP contribution >= 0.6 is 0 Å². The molecule has 0 aromatic heterocycles. The largest absolute Gasteiger partial charge is 0.462 e. The van der Waals surface area contributed by atoms with Gasteiger partial charge in [-0.15, -0.1) is 13.2 Å². The fourth-order valence-electron chi connectivity index (χ4n) is 2.39. The van der Waals surface area contributed by atoms with Crippen molar-refractivity contribution < 1.29 is 41.9 Å². The lowest BCUT2D eigenvalue weighted by atomic mass is 10.3. The minimum atomic E-state index is -4.67. The van der Waals surface area contributed by atoms with Gasteiger partial charge in [-0.1, -0.05) is 48.6 Å². The van der Waals surface area contributed by atoms with Crippen molar-refractivity contribution in [3.8, 4) is 11.5 Å². The van der Waals surface area contributed by atoms with Crippen molar-refractivity contribution >= 4 is 10.4 Å². The summed E-state index contributed by atoms with van der Waals surface area (Å²) in [4.78, 5) is 0. The molecule has 4 unspecified atom stereocenters. The highest BCUT2D eigenvalue weighted by Crippen LogP contribution is 2.29. The SMILES string of the molecule is C=CCC1OC1Oc1ccccc1.C=CCC1OC1Oc1ccccc1.O.O=S(=O)(O)O. The fraction of sp³-hybridized carbons (Fsp3) is 0.273. The third kappa shape index (κ3) is 12.2. The Morgan fingerprint density at radius 2 is 1.09 bits per heavy atom. The van der Waals surface area contributed by atoms with Crippen LogP contribution in [0.15, 0.2) is 86.0 Å². The van der Waals surface area contributed by atoms with Crippen molar-refractivity contribution in [2.24, 2.45) is 0 Å². The van der Waals surface area contributed by atoms with Crippen LogP contribution in [0.2, 0.25) is 0 Å². The molecule has 0 amide bonds. The van der Waals surface area contributed by atoms with Crippen molar-refractivity contribution in [1.29, 1.82) is 0 Å². The van der Waals surface area contributed by atoms with Gasteiger partial charge in [0.2, 0.25) is 12.6 Å². The molecule has 2 aliphatic rings. The Morgan fingerprint density at radius 1 is 0.781 bits per heavy atom. The number of ether oxygens (including phenoxy) is 4. The summed E-state index contributed by atoms with van der Waals surface area (Å²) in [6.45, 7) is 7.29. The molecule has 0 spiro atoms. The first kappa shape index (κ1) is 27.3. The summed E-state index contributed by atoms with van der Waals surface area (Å²) in [5.41, 5.74) is 0. The van der Waals surface area contributed by atoms with Crippen LogP contribution in [0, 0.1) is 0 Å². The molecule has 2 aromatic carbocycles. The van der Waals surface area contributed by atoms with Gasteiger partial charge in [0, 0.05) is 0 Å². The smallest absolute Gasteiger partial charge is 0.394 e. The Labute approximate surface area is 187 Å². The lowest BCUT2D eigenvalue weighted by molar-refractivity contribution is 0.178. The maximum Gasteiger partial charge on any atom is 0.394 e. The Bertz CT molecular complexity index is 834. The van der Waals surface area contributed by atoms with E-state index in [2.05, 4.69) is 13.2 Å². The highest BCUT2D eigenvalue weighted by Gasteiger charge is 2.40.